The molecular formula is C13H17N3OS. The van der Waals surface area contributed by atoms with E-state index in [4.69, 9.17) is 0 Å². The Balaban J connectivity index is 1.98. The second-order valence-corrected chi connectivity index (χ2v) is 5.00. The third-order valence-electron chi connectivity index (χ3n) is 2.65. The first-order valence-electron chi connectivity index (χ1n) is 6.18. The quantitative estimate of drug-likeness (QED) is 0.786. The van der Waals surface area contributed by atoms with Crippen molar-refractivity contribution < 1.29 is 0 Å². The highest BCUT2D eigenvalue weighted by molar-refractivity contribution is 7.13. The second-order valence-electron chi connectivity index (χ2n) is 4.14. The molecule has 2 N–H and O–H groups in total. The van der Waals surface area contributed by atoms with Crippen molar-refractivity contribution in [2.45, 2.75) is 32.6 Å². The van der Waals surface area contributed by atoms with Crippen LogP contribution in [-0.2, 0) is 6.42 Å². The zero-order valence-corrected chi connectivity index (χ0v) is 11.2. The predicted octanol–water partition coefficient (Wildman–Crippen LogP) is 3.31. The van der Waals surface area contributed by atoms with Gasteiger partial charge in [-0.15, -0.1) is 11.3 Å². The maximum Gasteiger partial charge on any atom is 0.271 e. The maximum absolute atomic E-state index is 11.5. The van der Waals surface area contributed by atoms with Crippen molar-refractivity contribution in [3.8, 4) is 0 Å². The summed E-state index contributed by atoms with van der Waals surface area (Å²) in [5.74, 6) is 0. The largest absolute Gasteiger partial charge is 0.327 e. The normalized spacial score (nSPS) is 10.5. The average Bonchev–Trinajstić information content (AvgIpc) is 2.80. The Morgan fingerprint density at radius 3 is 3.11 bits per heavy atom. The summed E-state index contributed by atoms with van der Waals surface area (Å²) in [6.45, 7) is 2.19. The van der Waals surface area contributed by atoms with E-state index in [0.717, 1.165) is 17.2 Å². The highest BCUT2D eigenvalue weighted by atomic mass is 32.1. The second kappa shape index (κ2) is 6.35. The monoisotopic (exact) mass is 263 g/mol. The molecule has 0 unspecified atom stereocenters. The molecule has 0 atom stereocenters. The van der Waals surface area contributed by atoms with E-state index in [2.05, 4.69) is 27.6 Å². The molecule has 0 aliphatic carbocycles. The number of aromatic amines is 1. The van der Waals surface area contributed by atoms with Gasteiger partial charge in [0.15, 0.2) is 5.13 Å². The maximum atomic E-state index is 11.5. The van der Waals surface area contributed by atoms with Crippen LogP contribution in [0.25, 0.3) is 0 Å². The Morgan fingerprint density at radius 2 is 2.33 bits per heavy atom. The molecule has 0 aromatic carbocycles. The lowest BCUT2D eigenvalue weighted by atomic mass is 10.2. The molecule has 0 amide bonds. The molecule has 2 heterocycles. The van der Waals surface area contributed by atoms with E-state index in [9.17, 15) is 4.79 Å². The molecule has 2 aromatic heterocycles. The predicted molar refractivity (Wildman–Crippen MR) is 75.7 cm³/mol. The van der Waals surface area contributed by atoms with Crippen LogP contribution in [-0.4, -0.2) is 9.97 Å². The van der Waals surface area contributed by atoms with Crippen LogP contribution in [0.2, 0.25) is 0 Å². The van der Waals surface area contributed by atoms with Gasteiger partial charge in [0.2, 0.25) is 0 Å². The van der Waals surface area contributed by atoms with Crippen LogP contribution in [0.15, 0.2) is 28.5 Å². The molecule has 96 valence electrons. The van der Waals surface area contributed by atoms with Crippen LogP contribution in [0.5, 0.6) is 0 Å². The Kier molecular flexibility index (Phi) is 4.52. The molecule has 0 aliphatic rings. The Bertz CT molecular complexity index is 547. The van der Waals surface area contributed by atoms with Gasteiger partial charge in [0.05, 0.1) is 5.69 Å². The fraction of sp³-hybridized carbons (Fsp3) is 0.385. The van der Waals surface area contributed by atoms with E-state index in [1.807, 2.05) is 0 Å². The smallest absolute Gasteiger partial charge is 0.271 e. The molecule has 18 heavy (non-hydrogen) atoms. The average molecular weight is 263 g/mol. The Morgan fingerprint density at radius 1 is 1.44 bits per heavy atom. The minimum absolute atomic E-state index is 0.125. The molecule has 0 spiro atoms. The van der Waals surface area contributed by atoms with Gasteiger partial charge in [-0.05, 0) is 25.0 Å². The summed E-state index contributed by atoms with van der Waals surface area (Å²) in [6, 6.07) is 3.54. The number of aryl methyl sites for hydroxylation is 1. The number of aromatic nitrogens is 2. The van der Waals surface area contributed by atoms with Gasteiger partial charge in [-0.1, -0.05) is 19.8 Å². The van der Waals surface area contributed by atoms with Crippen LogP contribution in [0.1, 0.15) is 31.9 Å². The van der Waals surface area contributed by atoms with E-state index < -0.39 is 0 Å². The number of rotatable bonds is 6. The number of hydrogen-bond acceptors (Lipinski definition) is 4. The molecule has 0 saturated carbocycles. The van der Waals surface area contributed by atoms with E-state index in [1.165, 1.54) is 30.6 Å². The molecule has 0 aliphatic heterocycles. The number of nitrogens with one attached hydrogen (secondary N) is 2. The van der Waals surface area contributed by atoms with Crippen LogP contribution in [0.4, 0.5) is 10.8 Å². The molecule has 0 bridgehead atoms. The van der Waals surface area contributed by atoms with Gasteiger partial charge in [-0.25, -0.2) is 4.98 Å². The highest BCUT2D eigenvalue weighted by Crippen LogP contribution is 2.19. The van der Waals surface area contributed by atoms with E-state index in [-0.39, 0.29) is 5.56 Å². The number of anilines is 2. The van der Waals surface area contributed by atoms with Crippen molar-refractivity contribution in [2.24, 2.45) is 0 Å². The first-order valence-corrected chi connectivity index (χ1v) is 7.06. The van der Waals surface area contributed by atoms with Crippen molar-refractivity contribution in [2.75, 3.05) is 5.32 Å². The summed E-state index contributed by atoms with van der Waals surface area (Å²) in [6.07, 6.45) is 6.25. The third kappa shape index (κ3) is 3.43. The molecule has 0 fully saturated rings. The SMILES string of the molecule is CCCCCc1csc(Nc2ccc[nH]c2=O)n1. The molecule has 0 saturated heterocycles. The topological polar surface area (TPSA) is 57.8 Å². The van der Waals surface area contributed by atoms with E-state index >= 15 is 0 Å². The highest BCUT2D eigenvalue weighted by Gasteiger charge is 2.04. The fourth-order valence-electron chi connectivity index (χ4n) is 1.67. The summed E-state index contributed by atoms with van der Waals surface area (Å²) < 4.78 is 0. The van der Waals surface area contributed by atoms with Crippen LogP contribution < -0.4 is 10.9 Å². The Hall–Kier alpha value is -1.62. The van der Waals surface area contributed by atoms with E-state index in [1.54, 1.807) is 18.3 Å². The first kappa shape index (κ1) is 12.8. The summed E-state index contributed by atoms with van der Waals surface area (Å²) in [4.78, 5) is 18.6. The summed E-state index contributed by atoms with van der Waals surface area (Å²) in [5.41, 5.74) is 1.51. The molecule has 0 radical (unpaired) electrons. The number of hydrogen-bond donors (Lipinski definition) is 2. The summed E-state index contributed by atoms with van der Waals surface area (Å²) in [5, 5.41) is 5.87. The van der Waals surface area contributed by atoms with E-state index in [0.29, 0.717) is 5.69 Å². The summed E-state index contributed by atoms with van der Waals surface area (Å²) >= 11 is 1.54. The lowest BCUT2D eigenvalue weighted by Gasteiger charge is -1.99. The van der Waals surface area contributed by atoms with Crippen LogP contribution in [0.3, 0.4) is 0 Å². The number of pyridine rings is 1. The number of unbranched alkanes of at least 4 members (excludes halogenated alkanes) is 2. The van der Waals surface area contributed by atoms with Gasteiger partial charge < -0.3 is 10.3 Å². The zero-order valence-electron chi connectivity index (χ0n) is 10.4. The number of nitrogens with zero attached hydrogens (tertiary/aromatic N) is 1. The lowest BCUT2D eigenvalue weighted by Crippen LogP contribution is -2.09. The standard InChI is InChI=1S/C13H17N3OS/c1-2-3-4-6-10-9-18-13(15-10)16-11-7-5-8-14-12(11)17/h5,7-9H,2-4,6H2,1H3,(H,14,17)(H,15,16). The minimum atomic E-state index is -0.125. The third-order valence-corrected chi connectivity index (χ3v) is 3.45. The van der Waals surface area contributed by atoms with Gasteiger partial charge in [-0.2, -0.15) is 0 Å². The van der Waals surface area contributed by atoms with Crippen LogP contribution >= 0.6 is 11.3 Å². The molecule has 2 aromatic rings. The van der Waals surface area contributed by atoms with Gasteiger partial charge in [0.1, 0.15) is 5.69 Å². The van der Waals surface area contributed by atoms with Gasteiger partial charge >= 0.3 is 0 Å². The Labute approximate surface area is 110 Å². The van der Waals surface area contributed by atoms with Gasteiger partial charge in [0.25, 0.3) is 5.56 Å². The molecule has 5 heteroatoms. The number of thiazole rings is 1. The van der Waals surface area contributed by atoms with Gasteiger partial charge in [-0.3, -0.25) is 4.79 Å². The fourth-order valence-corrected chi connectivity index (χ4v) is 2.43. The zero-order chi connectivity index (χ0) is 12.8. The van der Waals surface area contributed by atoms with Crippen molar-refractivity contribution in [3.63, 3.8) is 0 Å². The van der Waals surface area contributed by atoms with Crippen molar-refractivity contribution in [3.05, 3.63) is 39.8 Å². The van der Waals surface area contributed by atoms with Gasteiger partial charge in [0, 0.05) is 11.6 Å². The van der Waals surface area contributed by atoms with Crippen LogP contribution in [0, 0.1) is 0 Å². The number of H-pyrrole nitrogens is 1. The summed E-state index contributed by atoms with van der Waals surface area (Å²) in [7, 11) is 0. The lowest BCUT2D eigenvalue weighted by molar-refractivity contribution is 0.710. The first-order chi connectivity index (χ1) is 8.79. The van der Waals surface area contributed by atoms with Crippen molar-refractivity contribution in [1.82, 2.24) is 9.97 Å². The molecular weight excluding hydrogens is 246 g/mol. The minimum Gasteiger partial charge on any atom is -0.327 e. The molecule has 2 rings (SSSR count). The van der Waals surface area contributed by atoms with Crippen molar-refractivity contribution >= 4 is 22.2 Å². The van der Waals surface area contributed by atoms with Crippen molar-refractivity contribution in [1.29, 1.82) is 0 Å². The molecule has 4 nitrogen and oxygen atoms in total.